The minimum atomic E-state index is -0.362. The van der Waals surface area contributed by atoms with Gasteiger partial charge in [0.1, 0.15) is 0 Å². The second kappa shape index (κ2) is 5.28. The van der Waals surface area contributed by atoms with Crippen molar-refractivity contribution in [2.45, 2.75) is 20.0 Å². The van der Waals surface area contributed by atoms with Crippen LogP contribution in [-0.2, 0) is 20.1 Å². The van der Waals surface area contributed by atoms with E-state index in [2.05, 4.69) is 10.4 Å². The van der Waals surface area contributed by atoms with E-state index in [0.717, 1.165) is 28.2 Å². The normalized spacial score (nSPS) is 10.8. The summed E-state index contributed by atoms with van der Waals surface area (Å²) in [6.45, 7) is 3.30. The zero-order valence-corrected chi connectivity index (χ0v) is 11.0. The first-order chi connectivity index (χ1) is 8.56. The van der Waals surface area contributed by atoms with Gasteiger partial charge in [0.2, 0.25) is 0 Å². The van der Waals surface area contributed by atoms with Crippen LogP contribution in [0.1, 0.15) is 16.8 Å². The summed E-state index contributed by atoms with van der Waals surface area (Å²) in [6, 6.07) is 1.60. The second-order valence-corrected chi connectivity index (χ2v) is 4.96. The summed E-state index contributed by atoms with van der Waals surface area (Å²) in [6.07, 6.45) is 1.97. The lowest BCUT2D eigenvalue weighted by Gasteiger charge is -2.01. The average molecular weight is 266 g/mol. The Balaban J connectivity index is 1.88. The van der Waals surface area contributed by atoms with Crippen LogP contribution in [-0.4, -0.2) is 14.7 Å². The molecule has 0 fully saturated rings. The van der Waals surface area contributed by atoms with Gasteiger partial charge in [-0.05, 0) is 12.5 Å². The first kappa shape index (κ1) is 12.7. The summed E-state index contributed by atoms with van der Waals surface area (Å²) in [5.41, 5.74) is 3.08. The van der Waals surface area contributed by atoms with Gasteiger partial charge >= 0.3 is 5.00 Å². The van der Waals surface area contributed by atoms with Gasteiger partial charge < -0.3 is 5.32 Å². The van der Waals surface area contributed by atoms with Gasteiger partial charge in [-0.15, -0.1) is 0 Å². The monoisotopic (exact) mass is 266 g/mol. The Bertz CT molecular complexity index is 561. The standard InChI is InChI=1S/C11H14N4O2S/c1-8-10(6-14(2)13-8)5-12-4-9-3-11(15(16)17)18-7-9/h3,6-7,12H,4-5H2,1-2H3. The highest BCUT2D eigenvalue weighted by Crippen LogP contribution is 2.22. The average Bonchev–Trinajstić information content (AvgIpc) is 2.87. The minimum Gasteiger partial charge on any atom is -0.308 e. The van der Waals surface area contributed by atoms with Crippen molar-refractivity contribution < 1.29 is 4.92 Å². The van der Waals surface area contributed by atoms with Gasteiger partial charge in [-0.3, -0.25) is 14.8 Å². The van der Waals surface area contributed by atoms with Crippen molar-refractivity contribution in [1.29, 1.82) is 0 Å². The van der Waals surface area contributed by atoms with E-state index in [1.165, 1.54) is 0 Å². The predicted octanol–water partition coefficient (Wildman–Crippen LogP) is 1.99. The molecule has 2 heterocycles. The van der Waals surface area contributed by atoms with Crippen LogP contribution >= 0.6 is 11.3 Å². The lowest BCUT2D eigenvalue weighted by atomic mass is 10.2. The van der Waals surface area contributed by atoms with E-state index in [9.17, 15) is 10.1 Å². The molecule has 7 heteroatoms. The summed E-state index contributed by atoms with van der Waals surface area (Å²) in [5, 5.41) is 20.0. The van der Waals surface area contributed by atoms with Crippen molar-refractivity contribution in [2.75, 3.05) is 0 Å². The number of aromatic nitrogens is 2. The molecule has 0 aliphatic heterocycles. The van der Waals surface area contributed by atoms with Crippen molar-refractivity contribution in [3.05, 3.63) is 44.6 Å². The molecule has 0 radical (unpaired) electrons. The zero-order chi connectivity index (χ0) is 13.1. The Morgan fingerprint density at radius 1 is 1.56 bits per heavy atom. The molecule has 18 heavy (non-hydrogen) atoms. The molecule has 0 atom stereocenters. The van der Waals surface area contributed by atoms with Gasteiger partial charge in [0, 0.05) is 43.3 Å². The number of nitrogens with zero attached hydrogens (tertiary/aromatic N) is 3. The Hall–Kier alpha value is -1.73. The van der Waals surface area contributed by atoms with Crippen molar-refractivity contribution >= 4 is 16.3 Å². The van der Waals surface area contributed by atoms with Crippen molar-refractivity contribution in [2.24, 2.45) is 7.05 Å². The largest absolute Gasteiger partial charge is 0.324 e. The molecule has 2 rings (SSSR count). The highest BCUT2D eigenvalue weighted by molar-refractivity contribution is 7.13. The summed E-state index contributed by atoms with van der Waals surface area (Å²) < 4.78 is 1.78. The van der Waals surface area contributed by atoms with Gasteiger partial charge in [0.15, 0.2) is 0 Å². The van der Waals surface area contributed by atoms with Crippen molar-refractivity contribution in [3.63, 3.8) is 0 Å². The van der Waals surface area contributed by atoms with Gasteiger partial charge in [-0.25, -0.2) is 0 Å². The summed E-state index contributed by atoms with van der Waals surface area (Å²) in [4.78, 5) is 10.2. The molecule has 0 bridgehead atoms. The lowest BCUT2D eigenvalue weighted by molar-refractivity contribution is -0.380. The maximum absolute atomic E-state index is 10.5. The highest BCUT2D eigenvalue weighted by atomic mass is 32.1. The van der Waals surface area contributed by atoms with Gasteiger partial charge in [0.05, 0.1) is 10.6 Å². The zero-order valence-electron chi connectivity index (χ0n) is 10.2. The van der Waals surface area contributed by atoms with Crippen LogP contribution in [0.4, 0.5) is 5.00 Å². The molecule has 0 saturated heterocycles. The van der Waals surface area contributed by atoms with Crippen LogP contribution in [0.3, 0.4) is 0 Å². The number of aryl methyl sites for hydroxylation is 2. The first-order valence-corrected chi connectivity index (χ1v) is 6.36. The molecule has 0 aromatic carbocycles. The lowest BCUT2D eigenvalue weighted by Crippen LogP contribution is -2.12. The van der Waals surface area contributed by atoms with Crippen LogP contribution in [0.5, 0.6) is 0 Å². The van der Waals surface area contributed by atoms with Crippen molar-refractivity contribution in [1.82, 2.24) is 15.1 Å². The van der Waals surface area contributed by atoms with Gasteiger partial charge in [0.25, 0.3) is 0 Å². The molecule has 0 unspecified atom stereocenters. The van der Waals surface area contributed by atoms with E-state index in [-0.39, 0.29) is 9.92 Å². The molecule has 0 saturated carbocycles. The van der Waals surface area contributed by atoms with Crippen LogP contribution in [0, 0.1) is 17.0 Å². The third kappa shape index (κ3) is 2.93. The maximum atomic E-state index is 10.5. The van der Waals surface area contributed by atoms with Gasteiger partial charge in [-0.2, -0.15) is 5.10 Å². The molecule has 0 amide bonds. The summed E-state index contributed by atoms with van der Waals surface area (Å²) in [5.74, 6) is 0. The maximum Gasteiger partial charge on any atom is 0.324 e. The molecule has 2 aromatic heterocycles. The SMILES string of the molecule is Cc1nn(C)cc1CNCc1csc([N+](=O)[O-])c1. The fourth-order valence-corrected chi connectivity index (χ4v) is 2.44. The van der Waals surface area contributed by atoms with Crippen LogP contribution in [0.15, 0.2) is 17.6 Å². The van der Waals surface area contributed by atoms with E-state index in [1.807, 2.05) is 20.2 Å². The number of nitrogens with one attached hydrogen (secondary N) is 1. The molecule has 0 aliphatic carbocycles. The van der Waals surface area contributed by atoms with E-state index < -0.39 is 0 Å². The molecule has 0 aliphatic rings. The molecule has 1 N–H and O–H groups in total. The Morgan fingerprint density at radius 2 is 2.33 bits per heavy atom. The minimum absolute atomic E-state index is 0.185. The molecule has 0 spiro atoms. The third-order valence-electron chi connectivity index (χ3n) is 2.58. The van der Waals surface area contributed by atoms with Crippen LogP contribution in [0.25, 0.3) is 0 Å². The highest BCUT2D eigenvalue weighted by Gasteiger charge is 2.09. The number of nitro groups is 1. The van der Waals surface area contributed by atoms with Crippen molar-refractivity contribution in [3.8, 4) is 0 Å². The third-order valence-corrected chi connectivity index (χ3v) is 3.51. The van der Waals surface area contributed by atoms with E-state index in [1.54, 1.807) is 16.1 Å². The van der Waals surface area contributed by atoms with Crippen LogP contribution in [0.2, 0.25) is 0 Å². The smallest absolute Gasteiger partial charge is 0.308 e. The summed E-state index contributed by atoms with van der Waals surface area (Å²) >= 11 is 1.16. The predicted molar refractivity (Wildman–Crippen MR) is 69.5 cm³/mol. The number of hydrogen-bond acceptors (Lipinski definition) is 5. The summed E-state index contributed by atoms with van der Waals surface area (Å²) in [7, 11) is 1.89. The molecule has 2 aromatic rings. The molecular weight excluding hydrogens is 252 g/mol. The number of rotatable bonds is 5. The first-order valence-electron chi connectivity index (χ1n) is 5.48. The Morgan fingerprint density at radius 3 is 2.89 bits per heavy atom. The fraction of sp³-hybridized carbons (Fsp3) is 0.364. The topological polar surface area (TPSA) is 73.0 Å². The Kier molecular flexibility index (Phi) is 3.73. The number of hydrogen-bond donors (Lipinski definition) is 1. The van der Waals surface area contributed by atoms with E-state index >= 15 is 0 Å². The van der Waals surface area contributed by atoms with E-state index in [0.29, 0.717) is 13.1 Å². The van der Waals surface area contributed by atoms with E-state index in [4.69, 9.17) is 0 Å². The van der Waals surface area contributed by atoms with Gasteiger partial charge in [-0.1, -0.05) is 11.3 Å². The quantitative estimate of drug-likeness (QED) is 0.663. The number of thiophene rings is 1. The van der Waals surface area contributed by atoms with Crippen LogP contribution < -0.4 is 5.32 Å². The Labute approximate surface area is 108 Å². The molecule has 6 nitrogen and oxygen atoms in total. The second-order valence-electron chi connectivity index (χ2n) is 4.07. The fourth-order valence-electron chi connectivity index (χ4n) is 1.71. The molecular formula is C11H14N4O2S. The molecule has 96 valence electrons.